The van der Waals surface area contributed by atoms with Gasteiger partial charge in [-0.15, -0.1) is 0 Å². The van der Waals surface area contributed by atoms with Crippen LogP contribution >= 0.6 is 0 Å². The molecule has 0 saturated heterocycles. The molecule has 1 aliphatic carbocycles. The zero-order valence-corrected chi connectivity index (χ0v) is 20.0. The molecule has 0 bridgehead atoms. The molecule has 0 radical (unpaired) electrons. The summed E-state index contributed by atoms with van der Waals surface area (Å²) in [5.41, 5.74) is 1.44. The number of amides is 8. The van der Waals surface area contributed by atoms with E-state index in [1.165, 1.54) is 24.3 Å². The van der Waals surface area contributed by atoms with Gasteiger partial charge in [-0.1, -0.05) is 13.8 Å². The van der Waals surface area contributed by atoms with Crippen LogP contribution in [0.3, 0.4) is 0 Å². The lowest BCUT2D eigenvalue weighted by atomic mass is 9.58. The van der Waals surface area contributed by atoms with E-state index in [2.05, 4.69) is 31.9 Å². The maximum Gasteiger partial charge on any atom is 0.319 e. The van der Waals surface area contributed by atoms with Gasteiger partial charge in [0.05, 0.1) is 22.3 Å². The van der Waals surface area contributed by atoms with Crippen LogP contribution in [0.5, 0.6) is 0 Å². The SMILES string of the molecule is CC1(C)[C@@H](CNC(=O)Nc2ccc3c(c2)C(=O)NC3=O)C[C@H]1NC(=O)Nc1ccc2c(c1)C(=O)NC2=O. The average Bonchev–Trinajstić information content (AvgIpc) is 3.29. The van der Waals surface area contributed by atoms with Gasteiger partial charge in [0, 0.05) is 24.0 Å². The molecule has 2 atom stereocenters. The second kappa shape index (κ2) is 8.73. The second-order valence-electron chi connectivity index (χ2n) is 9.83. The monoisotopic (exact) mass is 504 g/mol. The lowest BCUT2D eigenvalue weighted by Gasteiger charge is -2.52. The number of rotatable bonds is 5. The topological polar surface area (TPSA) is 175 Å². The first-order valence-corrected chi connectivity index (χ1v) is 11.6. The highest BCUT2D eigenvalue weighted by molar-refractivity contribution is 6.22. The molecule has 12 nitrogen and oxygen atoms in total. The van der Waals surface area contributed by atoms with Crippen LogP contribution in [0, 0.1) is 11.3 Å². The Labute approximate surface area is 210 Å². The number of carbonyl (C=O) groups excluding carboxylic acids is 6. The zero-order valence-electron chi connectivity index (χ0n) is 20.0. The van der Waals surface area contributed by atoms with Crippen molar-refractivity contribution in [2.24, 2.45) is 11.3 Å². The van der Waals surface area contributed by atoms with Gasteiger partial charge in [-0.3, -0.25) is 29.8 Å². The fourth-order valence-corrected chi connectivity index (χ4v) is 4.82. The fourth-order valence-electron chi connectivity index (χ4n) is 4.82. The number of imide groups is 2. The molecule has 12 heteroatoms. The van der Waals surface area contributed by atoms with Crippen molar-refractivity contribution in [3.8, 4) is 0 Å². The van der Waals surface area contributed by atoms with E-state index < -0.39 is 35.7 Å². The predicted molar refractivity (Wildman–Crippen MR) is 131 cm³/mol. The van der Waals surface area contributed by atoms with Crippen molar-refractivity contribution in [1.29, 1.82) is 0 Å². The summed E-state index contributed by atoms with van der Waals surface area (Å²) in [5, 5.41) is 15.5. The molecule has 1 fully saturated rings. The van der Waals surface area contributed by atoms with Gasteiger partial charge < -0.3 is 21.3 Å². The Morgan fingerprint density at radius 1 is 0.784 bits per heavy atom. The Kier molecular flexibility index (Phi) is 5.66. The van der Waals surface area contributed by atoms with Crippen molar-refractivity contribution in [2.75, 3.05) is 17.2 Å². The lowest BCUT2D eigenvalue weighted by Crippen LogP contribution is -2.61. The molecule has 2 aromatic rings. The number of carbonyl (C=O) groups is 6. The van der Waals surface area contributed by atoms with E-state index in [0.717, 1.165) is 0 Å². The normalized spacial score (nSPS) is 20.7. The molecule has 37 heavy (non-hydrogen) atoms. The molecule has 3 aliphatic rings. The molecule has 1 saturated carbocycles. The van der Waals surface area contributed by atoms with E-state index >= 15 is 0 Å². The first kappa shape index (κ1) is 24.0. The molecular weight excluding hydrogens is 480 g/mol. The van der Waals surface area contributed by atoms with E-state index in [-0.39, 0.29) is 39.6 Å². The van der Waals surface area contributed by atoms with E-state index in [1.807, 2.05) is 13.8 Å². The van der Waals surface area contributed by atoms with Crippen LogP contribution in [0.25, 0.3) is 0 Å². The third-order valence-corrected chi connectivity index (χ3v) is 7.27. The number of hydrogen-bond acceptors (Lipinski definition) is 6. The largest absolute Gasteiger partial charge is 0.338 e. The third kappa shape index (κ3) is 4.37. The minimum absolute atomic E-state index is 0.0988. The molecule has 0 aromatic heterocycles. The van der Waals surface area contributed by atoms with Crippen molar-refractivity contribution < 1.29 is 28.8 Å². The molecular formula is C25H24N6O6. The molecule has 2 aliphatic heterocycles. The van der Waals surface area contributed by atoms with Crippen molar-refractivity contribution in [3.05, 3.63) is 58.7 Å². The van der Waals surface area contributed by atoms with Gasteiger partial charge in [-0.25, -0.2) is 9.59 Å². The second-order valence-corrected chi connectivity index (χ2v) is 9.83. The summed E-state index contributed by atoms with van der Waals surface area (Å²) in [6.45, 7) is 4.36. The summed E-state index contributed by atoms with van der Waals surface area (Å²) in [4.78, 5) is 71.9. The fraction of sp³-hybridized carbons (Fsp3) is 0.280. The van der Waals surface area contributed by atoms with Crippen LogP contribution in [0.1, 0.15) is 61.7 Å². The number of benzene rings is 2. The first-order chi connectivity index (χ1) is 17.5. The Morgan fingerprint density at radius 3 is 1.78 bits per heavy atom. The molecule has 0 unspecified atom stereocenters. The number of nitrogens with one attached hydrogen (secondary N) is 6. The molecule has 6 N–H and O–H groups in total. The van der Waals surface area contributed by atoms with Crippen molar-refractivity contribution >= 4 is 47.1 Å². The minimum Gasteiger partial charge on any atom is -0.338 e. The zero-order chi connectivity index (χ0) is 26.5. The van der Waals surface area contributed by atoms with Crippen LogP contribution in [-0.2, 0) is 0 Å². The number of hydrogen-bond donors (Lipinski definition) is 6. The van der Waals surface area contributed by atoms with Gasteiger partial charge in [0.25, 0.3) is 23.6 Å². The van der Waals surface area contributed by atoms with Crippen LogP contribution in [-0.4, -0.2) is 48.3 Å². The molecule has 2 heterocycles. The van der Waals surface area contributed by atoms with Crippen molar-refractivity contribution in [2.45, 2.75) is 26.3 Å². The summed E-state index contributed by atoms with van der Waals surface area (Å²) in [6.07, 6.45) is 0.642. The highest BCUT2D eigenvalue weighted by Crippen LogP contribution is 2.45. The number of urea groups is 2. The van der Waals surface area contributed by atoms with Crippen LogP contribution in [0.15, 0.2) is 36.4 Å². The Bertz CT molecular complexity index is 1400. The summed E-state index contributed by atoms with van der Waals surface area (Å²) < 4.78 is 0. The summed E-state index contributed by atoms with van der Waals surface area (Å²) >= 11 is 0. The van der Waals surface area contributed by atoms with Crippen LogP contribution in [0.2, 0.25) is 0 Å². The molecule has 8 amide bonds. The maximum atomic E-state index is 12.5. The standard InChI is InChI=1S/C25H24N6O6/c1-25(2)11(10-26-23(36)27-12-3-5-14-16(8-12)21(34)30-19(14)32)7-18(25)29-24(37)28-13-4-6-15-17(9-13)22(35)31-20(15)33/h3-6,8-9,11,18H,7,10H2,1-2H3,(H2,26,27,36)(H2,28,29,37)(H,30,32,34)(H,31,33,35)/t11-,18-/m1/s1. The number of fused-ring (bicyclic) bond motifs is 2. The predicted octanol–water partition coefficient (Wildman–Crippen LogP) is 1.81. The Hall–Kier alpha value is -4.74. The summed E-state index contributed by atoms with van der Waals surface area (Å²) in [6, 6.07) is 7.95. The third-order valence-electron chi connectivity index (χ3n) is 7.27. The van der Waals surface area contributed by atoms with Gasteiger partial charge in [0.2, 0.25) is 0 Å². The molecule has 190 valence electrons. The molecule has 2 aromatic carbocycles. The van der Waals surface area contributed by atoms with Gasteiger partial charge in [0.15, 0.2) is 0 Å². The van der Waals surface area contributed by atoms with Crippen LogP contribution in [0.4, 0.5) is 21.0 Å². The van der Waals surface area contributed by atoms with Gasteiger partial charge in [-0.2, -0.15) is 0 Å². The van der Waals surface area contributed by atoms with Crippen molar-refractivity contribution in [3.63, 3.8) is 0 Å². The molecule has 5 rings (SSSR count). The van der Waals surface area contributed by atoms with E-state index in [1.54, 1.807) is 12.1 Å². The van der Waals surface area contributed by atoms with Crippen molar-refractivity contribution in [1.82, 2.24) is 21.3 Å². The first-order valence-electron chi connectivity index (χ1n) is 11.6. The van der Waals surface area contributed by atoms with E-state index in [9.17, 15) is 28.8 Å². The smallest absolute Gasteiger partial charge is 0.319 e. The summed E-state index contributed by atoms with van der Waals surface area (Å²) in [5.74, 6) is -1.82. The van der Waals surface area contributed by atoms with Gasteiger partial charge in [-0.05, 0) is 54.2 Å². The summed E-state index contributed by atoms with van der Waals surface area (Å²) in [7, 11) is 0. The maximum absolute atomic E-state index is 12.5. The van der Waals surface area contributed by atoms with Gasteiger partial charge in [0.1, 0.15) is 0 Å². The highest BCUT2D eigenvalue weighted by Gasteiger charge is 2.48. The lowest BCUT2D eigenvalue weighted by molar-refractivity contribution is 0.0244. The van der Waals surface area contributed by atoms with E-state index in [0.29, 0.717) is 24.3 Å². The minimum atomic E-state index is -0.500. The highest BCUT2D eigenvalue weighted by atomic mass is 16.2. The van der Waals surface area contributed by atoms with Crippen LogP contribution < -0.4 is 31.9 Å². The average molecular weight is 505 g/mol. The Morgan fingerprint density at radius 2 is 1.27 bits per heavy atom. The van der Waals surface area contributed by atoms with Gasteiger partial charge >= 0.3 is 12.1 Å². The quantitative estimate of drug-likeness (QED) is 0.339. The van der Waals surface area contributed by atoms with E-state index in [4.69, 9.17) is 0 Å². The number of anilines is 2. The molecule has 0 spiro atoms. The Balaban J connectivity index is 1.10.